The van der Waals surface area contributed by atoms with E-state index in [1.807, 2.05) is 18.2 Å². The van der Waals surface area contributed by atoms with Gasteiger partial charge < -0.3 is 15.4 Å². The summed E-state index contributed by atoms with van der Waals surface area (Å²) in [4.78, 5) is 14.4. The van der Waals surface area contributed by atoms with Gasteiger partial charge in [0.1, 0.15) is 10.8 Å². The third-order valence-corrected chi connectivity index (χ3v) is 4.88. The van der Waals surface area contributed by atoms with Crippen molar-refractivity contribution in [1.29, 1.82) is 0 Å². The van der Waals surface area contributed by atoms with Crippen molar-refractivity contribution in [1.82, 2.24) is 0 Å². The zero-order valence-corrected chi connectivity index (χ0v) is 15.8. The number of halogens is 3. The number of nitrogens with two attached hydrogens (primary N) is 1. The fourth-order valence-electron chi connectivity index (χ4n) is 2.89. The number of hydrogen-bond donors (Lipinski definition) is 1. The third-order valence-electron chi connectivity index (χ3n) is 4.08. The molecule has 25 heavy (non-hydrogen) atoms. The van der Waals surface area contributed by atoms with E-state index in [0.29, 0.717) is 22.3 Å². The van der Waals surface area contributed by atoms with Crippen LogP contribution in [0.5, 0.6) is 5.75 Å². The lowest BCUT2D eigenvalue weighted by atomic mass is 9.99. The molecule has 2 aromatic carbocycles. The SMILES string of the molecule is Cl.Nc1cccc2c1CCCN2C(=O)CCOc1cccc(Cl)c1Cl. The van der Waals surface area contributed by atoms with Crippen LogP contribution in [0.15, 0.2) is 36.4 Å². The Morgan fingerprint density at radius 1 is 1.20 bits per heavy atom. The molecule has 1 aliphatic heterocycles. The Labute approximate surface area is 163 Å². The lowest BCUT2D eigenvalue weighted by Gasteiger charge is -2.30. The summed E-state index contributed by atoms with van der Waals surface area (Å²) >= 11 is 12.0. The molecule has 2 N–H and O–H groups in total. The fraction of sp³-hybridized carbons (Fsp3) is 0.278. The van der Waals surface area contributed by atoms with Gasteiger partial charge in [-0.05, 0) is 42.7 Å². The number of ether oxygens (including phenoxy) is 1. The molecule has 0 bridgehead atoms. The van der Waals surface area contributed by atoms with E-state index in [1.54, 1.807) is 23.1 Å². The first-order chi connectivity index (χ1) is 11.6. The Morgan fingerprint density at radius 2 is 1.96 bits per heavy atom. The van der Waals surface area contributed by atoms with Gasteiger partial charge in [0.25, 0.3) is 0 Å². The highest BCUT2D eigenvalue weighted by Gasteiger charge is 2.23. The smallest absolute Gasteiger partial charge is 0.230 e. The quantitative estimate of drug-likeness (QED) is 0.752. The number of nitrogen functional groups attached to an aromatic ring is 1. The molecule has 0 aromatic heterocycles. The largest absolute Gasteiger partial charge is 0.491 e. The number of carbonyl (C=O) groups excluding carboxylic acids is 1. The summed E-state index contributed by atoms with van der Waals surface area (Å²) < 4.78 is 5.60. The van der Waals surface area contributed by atoms with Gasteiger partial charge in [-0.25, -0.2) is 0 Å². The highest BCUT2D eigenvalue weighted by atomic mass is 35.5. The molecule has 7 heteroatoms. The van der Waals surface area contributed by atoms with Gasteiger partial charge in [0.15, 0.2) is 0 Å². The first kappa shape index (κ1) is 19.7. The normalized spacial score (nSPS) is 13.0. The van der Waals surface area contributed by atoms with Crippen LogP contribution in [0, 0.1) is 0 Å². The van der Waals surface area contributed by atoms with Gasteiger partial charge in [-0.2, -0.15) is 0 Å². The van der Waals surface area contributed by atoms with E-state index in [9.17, 15) is 4.79 Å². The maximum Gasteiger partial charge on any atom is 0.230 e. The molecule has 0 radical (unpaired) electrons. The molecule has 0 atom stereocenters. The number of rotatable bonds is 4. The van der Waals surface area contributed by atoms with Crippen molar-refractivity contribution in [3.8, 4) is 5.75 Å². The zero-order chi connectivity index (χ0) is 17.1. The molecular formula is C18H19Cl3N2O2. The van der Waals surface area contributed by atoms with Crippen LogP contribution < -0.4 is 15.4 Å². The van der Waals surface area contributed by atoms with Crippen LogP contribution in [0.4, 0.5) is 11.4 Å². The van der Waals surface area contributed by atoms with Crippen molar-refractivity contribution in [3.05, 3.63) is 52.0 Å². The van der Waals surface area contributed by atoms with Gasteiger partial charge in [0, 0.05) is 17.9 Å². The highest BCUT2D eigenvalue weighted by Crippen LogP contribution is 2.33. The average Bonchev–Trinajstić information content (AvgIpc) is 2.58. The summed E-state index contributed by atoms with van der Waals surface area (Å²) in [5.74, 6) is 0.500. The topological polar surface area (TPSA) is 55.6 Å². The van der Waals surface area contributed by atoms with E-state index < -0.39 is 0 Å². The van der Waals surface area contributed by atoms with Crippen molar-refractivity contribution in [2.45, 2.75) is 19.3 Å². The van der Waals surface area contributed by atoms with Crippen molar-refractivity contribution >= 4 is 52.9 Å². The molecule has 0 fully saturated rings. The predicted molar refractivity (Wildman–Crippen MR) is 105 cm³/mol. The number of amides is 1. The van der Waals surface area contributed by atoms with Crippen LogP contribution in [0.3, 0.4) is 0 Å². The summed E-state index contributed by atoms with van der Waals surface area (Å²) in [7, 11) is 0. The molecule has 1 aliphatic rings. The molecule has 0 unspecified atom stereocenters. The molecular weight excluding hydrogens is 383 g/mol. The van der Waals surface area contributed by atoms with Gasteiger partial charge in [0.2, 0.25) is 5.91 Å². The number of carbonyl (C=O) groups is 1. The molecule has 2 aromatic rings. The Balaban J connectivity index is 0.00000225. The zero-order valence-electron chi connectivity index (χ0n) is 13.5. The molecule has 134 valence electrons. The van der Waals surface area contributed by atoms with E-state index in [1.165, 1.54) is 0 Å². The van der Waals surface area contributed by atoms with Crippen LogP contribution in [0.2, 0.25) is 10.0 Å². The molecule has 3 rings (SSSR count). The van der Waals surface area contributed by atoms with Gasteiger partial charge in [-0.3, -0.25) is 4.79 Å². The van der Waals surface area contributed by atoms with E-state index in [0.717, 1.165) is 29.8 Å². The number of fused-ring (bicyclic) bond motifs is 1. The number of anilines is 2. The molecule has 0 spiro atoms. The molecule has 0 saturated heterocycles. The third kappa shape index (κ3) is 4.32. The molecule has 1 heterocycles. The van der Waals surface area contributed by atoms with Crippen LogP contribution in [0.25, 0.3) is 0 Å². The first-order valence-electron chi connectivity index (χ1n) is 7.82. The summed E-state index contributed by atoms with van der Waals surface area (Å²) in [5, 5.41) is 0.795. The van der Waals surface area contributed by atoms with E-state index in [2.05, 4.69) is 0 Å². The fourth-order valence-corrected chi connectivity index (χ4v) is 3.24. The number of hydrogen-bond acceptors (Lipinski definition) is 3. The standard InChI is InChI=1S/C18H18Cl2N2O2.ClH/c19-13-5-1-8-16(18(13)20)24-11-9-17(23)22-10-3-4-12-14(21)6-2-7-15(12)22;/h1-2,5-8H,3-4,9-11,21H2;1H. The maximum atomic E-state index is 12.6. The summed E-state index contributed by atoms with van der Waals surface area (Å²) in [6.45, 7) is 0.945. The lowest BCUT2D eigenvalue weighted by Crippen LogP contribution is -2.36. The maximum absolute atomic E-state index is 12.6. The lowest BCUT2D eigenvalue weighted by molar-refractivity contribution is -0.119. The Bertz CT molecular complexity index is 768. The number of benzene rings is 2. The first-order valence-corrected chi connectivity index (χ1v) is 8.58. The van der Waals surface area contributed by atoms with Crippen LogP contribution in [0.1, 0.15) is 18.4 Å². The Hall–Kier alpha value is -1.62. The minimum Gasteiger partial charge on any atom is -0.491 e. The van der Waals surface area contributed by atoms with Crippen LogP contribution in [-0.4, -0.2) is 19.1 Å². The number of nitrogens with zero attached hydrogens (tertiary/aromatic N) is 1. The van der Waals surface area contributed by atoms with E-state index >= 15 is 0 Å². The summed E-state index contributed by atoms with van der Waals surface area (Å²) in [6.07, 6.45) is 2.07. The minimum absolute atomic E-state index is 0. The summed E-state index contributed by atoms with van der Waals surface area (Å²) in [5.41, 5.74) is 8.72. The van der Waals surface area contributed by atoms with Gasteiger partial charge in [0.05, 0.1) is 18.1 Å². The second-order valence-corrected chi connectivity index (χ2v) is 6.43. The average molecular weight is 402 g/mol. The van der Waals surface area contributed by atoms with Crippen LogP contribution >= 0.6 is 35.6 Å². The van der Waals surface area contributed by atoms with Crippen molar-refractivity contribution in [3.63, 3.8) is 0 Å². The second-order valence-electron chi connectivity index (χ2n) is 5.64. The minimum atomic E-state index is 0. The van der Waals surface area contributed by atoms with Gasteiger partial charge in [-0.15, -0.1) is 12.4 Å². The highest BCUT2D eigenvalue weighted by molar-refractivity contribution is 6.42. The Morgan fingerprint density at radius 3 is 2.76 bits per heavy atom. The van der Waals surface area contributed by atoms with Crippen LogP contribution in [-0.2, 0) is 11.2 Å². The van der Waals surface area contributed by atoms with E-state index in [4.69, 9.17) is 33.7 Å². The molecule has 0 saturated carbocycles. The summed E-state index contributed by atoms with van der Waals surface area (Å²) in [6, 6.07) is 10.9. The molecule has 0 aliphatic carbocycles. The van der Waals surface area contributed by atoms with Gasteiger partial charge >= 0.3 is 0 Å². The monoisotopic (exact) mass is 400 g/mol. The van der Waals surface area contributed by atoms with Gasteiger partial charge in [-0.1, -0.05) is 35.3 Å². The second kappa shape index (κ2) is 8.65. The molecule has 1 amide bonds. The van der Waals surface area contributed by atoms with Crippen molar-refractivity contribution < 1.29 is 9.53 Å². The van der Waals surface area contributed by atoms with Crippen molar-refractivity contribution in [2.75, 3.05) is 23.8 Å². The Kier molecular flexibility index (Phi) is 6.82. The van der Waals surface area contributed by atoms with Crippen molar-refractivity contribution in [2.24, 2.45) is 0 Å². The molecule has 4 nitrogen and oxygen atoms in total. The predicted octanol–water partition coefficient (Wildman–Crippen LogP) is 4.75. The van der Waals surface area contributed by atoms with E-state index in [-0.39, 0.29) is 31.3 Å².